The predicted octanol–water partition coefficient (Wildman–Crippen LogP) is 3.34. The number of carbonyl (C=O) groups is 1. The van der Waals surface area contributed by atoms with Crippen molar-refractivity contribution >= 4 is 5.91 Å². The molecule has 1 saturated carbocycles. The second-order valence-corrected chi connectivity index (χ2v) is 6.97. The van der Waals surface area contributed by atoms with Gasteiger partial charge in [-0.3, -0.25) is 4.79 Å². The highest BCUT2D eigenvalue weighted by Crippen LogP contribution is 2.41. The fourth-order valence-electron chi connectivity index (χ4n) is 3.57. The third-order valence-electron chi connectivity index (χ3n) is 5.17. The summed E-state index contributed by atoms with van der Waals surface area (Å²) in [5, 5.41) is 6.71. The normalized spacial score (nSPS) is 20.6. The molecule has 0 bridgehead atoms. The van der Waals surface area contributed by atoms with E-state index in [1.165, 1.54) is 36.8 Å². The monoisotopic (exact) mass is 300 g/mol. The van der Waals surface area contributed by atoms with Gasteiger partial charge < -0.3 is 10.6 Å². The Bertz CT molecular complexity index is 504. The van der Waals surface area contributed by atoms with Crippen LogP contribution in [0, 0.1) is 18.8 Å². The molecule has 3 nitrogen and oxygen atoms in total. The molecule has 3 rings (SSSR count). The van der Waals surface area contributed by atoms with E-state index in [-0.39, 0.29) is 11.9 Å². The molecule has 120 valence electrons. The van der Waals surface area contributed by atoms with Gasteiger partial charge in [-0.15, -0.1) is 0 Å². The second-order valence-electron chi connectivity index (χ2n) is 6.97. The maximum Gasteiger partial charge on any atom is 0.220 e. The van der Waals surface area contributed by atoms with Crippen LogP contribution in [0.25, 0.3) is 0 Å². The Morgan fingerprint density at radius 3 is 2.64 bits per heavy atom. The predicted molar refractivity (Wildman–Crippen MR) is 89.6 cm³/mol. The van der Waals surface area contributed by atoms with Crippen LogP contribution in [0.3, 0.4) is 0 Å². The zero-order valence-corrected chi connectivity index (χ0v) is 13.6. The summed E-state index contributed by atoms with van der Waals surface area (Å²) in [6.07, 6.45) is 6.65. The van der Waals surface area contributed by atoms with Gasteiger partial charge in [0.25, 0.3) is 0 Å². The first-order chi connectivity index (χ1) is 10.7. The van der Waals surface area contributed by atoms with Gasteiger partial charge >= 0.3 is 0 Å². The molecule has 1 aliphatic carbocycles. The van der Waals surface area contributed by atoms with Crippen LogP contribution in [0.5, 0.6) is 0 Å². The van der Waals surface area contributed by atoms with E-state index in [1.807, 2.05) is 0 Å². The number of rotatable bonds is 6. The first-order valence-corrected chi connectivity index (χ1v) is 8.79. The Hall–Kier alpha value is -1.35. The average molecular weight is 300 g/mol. The summed E-state index contributed by atoms with van der Waals surface area (Å²) in [6, 6.07) is 8.69. The Balaban J connectivity index is 1.55. The standard InChI is InChI=1S/C19H28N2O/c1-14-4-2-3-5-17(14)19(16-7-8-16)21-18(22)9-6-15-10-12-20-13-11-15/h2-5,15-16,19-20H,6-13H2,1H3,(H,21,22). The van der Waals surface area contributed by atoms with E-state index in [0.29, 0.717) is 12.3 Å². The van der Waals surface area contributed by atoms with E-state index in [4.69, 9.17) is 0 Å². The van der Waals surface area contributed by atoms with Crippen molar-refractivity contribution in [2.24, 2.45) is 11.8 Å². The van der Waals surface area contributed by atoms with Gasteiger partial charge in [0.15, 0.2) is 0 Å². The first kappa shape index (κ1) is 15.5. The molecule has 1 aromatic carbocycles. The third kappa shape index (κ3) is 4.10. The number of amides is 1. The molecule has 1 unspecified atom stereocenters. The number of benzene rings is 1. The van der Waals surface area contributed by atoms with Crippen molar-refractivity contribution in [3.63, 3.8) is 0 Å². The minimum Gasteiger partial charge on any atom is -0.349 e. The maximum atomic E-state index is 12.4. The number of hydrogen-bond donors (Lipinski definition) is 2. The number of nitrogens with one attached hydrogen (secondary N) is 2. The Kier molecular flexibility index (Phi) is 5.14. The lowest BCUT2D eigenvalue weighted by Crippen LogP contribution is -2.32. The molecular formula is C19H28N2O. The summed E-state index contributed by atoms with van der Waals surface area (Å²) in [6.45, 7) is 4.37. The molecule has 0 aromatic heterocycles. The van der Waals surface area contributed by atoms with Crippen LogP contribution in [0.15, 0.2) is 24.3 Å². The van der Waals surface area contributed by atoms with Gasteiger partial charge in [-0.1, -0.05) is 24.3 Å². The molecule has 2 aliphatic rings. The van der Waals surface area contributed by atoms with Gasteiger partial charge in [0.1, 0.15) is 0 Å². The zero-order chi connectivity index (χ0) is 15.4. The third-order valence-corrected chi connectivity index (χ3v) is 5.17. The largest absolute Gasteiger partial charge is 0.349 e. The summed E-state index contributed by atoms with van der Waals surface area (Å²) in [5.41, 5.74) is 2.60. The van der Waals surface area contributed by atoms with Crippen LogP contribution in [0.1, 0.15) is 55.7 Å². The lowest BCUT2D eigenvalue weighted by molar-refractivity contribution is -0.122. The SMILES string of the molecule is Cc1ccccc1C(NC(=O)CCC1CCNCC1)C1CC1. The molecule has 1 aliphatic heterocycles. The summed E-state index contributed by atoms with van der Waals surface area (Å²) in [4.78, 5) is 12.4. The van der Waals surface area contributed by atoms with Crippen molar-refractivity contribution in [2.75, 3.05) is 13.1 Å². The van der Waals surface area contributed by atoms with Crippen LogP contribution in [-0.4, -0.2) is 19.0 Å². The summed E-state index contributed by atoms with van der Waals surface area (Å²) in [5.74, 6) is 1.60. The molecule has 0 spiro atoms. The highest BCUT2D eigenvalue weighted by atomic mass is 16.1. The Labute approximate surface area is 133 Å². The fraction of sp³-hybridized carbons (Fsp3) is 0.632. The maximum absolute atomic E-state index is 12.4. The first-order valence-electron chi connectivity index (χ1n) is 8.79. The highest BCUT2D eigenvalue weighted by molar-refractivity contribution is 5.76. The van der Waals surface area contributed by atoms with Gasteiger partial charge in [0, 0.05) is 6.42 Å². The molecule has 2 N–H and O–H groups in total. The van der Waals surface area contributed by atoms with Crippen molar-refractivity contribution in [1.82, 2.24) is 10.6 Å². The Morgan fingerprint density at radius 2 is 1.95 bits per heavy atom. The van der Waals surface area contributed by atoms with Crippen LogP contribution in [-0.2, 0) is 4.79 Å². The van der Waals surface area contributed by atoms with E-state index in [0.717, 1.165) is 25.4 Å². The quantitative estimate of drug-likeness (QED) is 0.846. The van der Waals surface area contributed by atoms with E-state index < -0.39 is 0 Å². The van der Waals surface area contributed by atoms with E-state index >= 15 is 0 Å². The molecule has 2 fully saturated rings. The topological polar surface area (TPSA) is 41.1 Å². The summed E-state index contributed by atoms with van der Waals surface area (Å²) < 4.78 is 0. The van der Waals surface area contributed by atoms with Gasteiger partial charge in [-0.2, -0.15) is 0 Å². The Morgan fingerprint density at radius 1 is 1.23 bits per heavy atom. The second kappa shape index (κ2) is 7.28. The van der Waals surface area contributed by atoms with Crippen LogP contribution < -0.4 is 10.6 Å². The molecule has 0 radical (unpaired) electrons. The minimum absolute atomic E-state index is 0.224. The van der Waals surface area contributed by atoms with Crippen molar-refractivity contribution < 1.29 is 4.79 Å². The molecule has 1 saturated heterocycles. The van der Waals surface area contributed by atoms with E-state index in [2.05, 4.69) is 41.8 Å². The molecule has 1 aromatic rings. The van der Waals surface area contributed by atoms with Crippen LogP contribution in [0.2, 0.25) is 0 Å². The fourth-order valence-corrected chi connectivity index (χ4v) is 3.57. The van der Waals surface area contributed by atoms with Gasteiger partial charge in [0.2, 0.25) is 5.91 Å². The smallest absolute Gasteiger partial charge is 0.220 e. The average Bonchev–Trinajstić information content (AvgIpc) is 3.37. The minimum atomic E-state index is 0.224. The van der Waals surface area contributed by atoms with Gasteiger partial charge in [-0.05, 0) is 75.1 Å². The van der Waals surface area contributed by atoms with Crippen LogP contribution in [0.4, 0.5) is 0 Å². The van der Waals surface area contributed by atoms with Crippen molar-refractivity contribution in [3.05, 3.63) is 35.4 Å². The summed E-state index contributed by atoms with van der Waals surface area (Å²) in [7, 11) is 0. The lowest BCUT2D eigenvalue weighted by Gasteiger charge is -2.24. The van der Waals surface area contributed by atoms with Gasteiger partial charge in [-0.25, -0.2) is 0 Å². The van der Waals surface area contributed by atoms with E-state index in [1.54, 1.807) is 0 Å². The van der Waals surface area contributed by atoms with Crippen molar-refractivity contribution in [1.29, 1.82) is 0 Å². The molecule has 22 heavy (non-hydrogen) atoms. The number of aryl methyl sites for hydroxylation is 1. The van der Waals surface area contributed by atoms with E-state index in [9.17, 15) is 4.79 Å². The number of piperidine rings is 1. The molecule has 1 atom stereocenters. The summed E-state index contributed by atoms with van der Waals surface area (Å²) >= 11 is 0. The number of hydrogen-bond acceptors (Lipinski definition) is 2. The van der Waals surface area contributed by atoms with Crippen LogP contribution >= 0.6 is 0 Å². The molecule has 3 heteroatoms. The lowest BCUT2D eigenvalue weighted by atomic mass is 9.92. The highest BCUT2D eigenvalue weighted by Gasteiger charge is 2.34. The van der Waals surface area contributed by atoms with Crippen molar-refractivity contribution in [2.45, 2.75) is 51.5 Å². The molecular weight excluding hydrogens is 272 g/mol. The number of carbonyl (C=O) groups excluding carboxylic acids is 1. The van der Waals surface area contributed by atoms with Gasteiger partial charge in [0.05, 0.1) is 6.04 Å². The molecule has 1 amide bonds. The molecule has 1 heterocycles. The zero-order valence-electron chi connectivity index (χ0n) is 13.6. The van der Waals surface area contributed by atoms with Crippen molar-refractivity contribution in [3.8, 4) is 0 Å².